The third-order valence-electron chi connectivity index (χ3n) is 3.33. The van der Waals surface area contributed by atoms with Crippen molar-refractivity contribution in [3.63, 3.8) is 0 Å². The van der Waals surface area contributed by atoms with Gasteiger partial charge in [0.05, 0.1) is 0 Å². The average Bonchev–Trinajstić information content (AvgIpc) is 2.38. The number of hydrogen-bond donors (Lipinski definition) is 2. The number of ether oxygens (including phenoxy) is 2. The molecule has 4 nitrogen and oxygen atoms in total. The lowest BCUT2D eigenvalue weighted by Gasteiger charge is -2.24. The molecule has 0 amide bonds. The van der Waals surface area contributed by atoms with Gasteiger partial charge in [-0.05, 0) is 29.5 Å². The van der Waals surface area contributed by atoms with E-state index in [0.29, 0.717) is 13.2 Å². The van der Waals surface area contributed by atoms with Crippen LogP contribution in [-0.4, -0.2) is 31.5 Å². The molecule has 1 heterocycles. The highest BCUT2D eigenvalue weighted by molar-refractivity contribution is 5.43. The van der Waals surface area contributed by atoms with Gasteiger partial charge in [0.15, 0.2) is 11.5 Å². The largest absolute Gasteiger partial charge is 0.486 e. The molecule has 0 spiro atoms. The van der Waals surface area contributed by atoms with Gasteiger partial charge in [0.2, 0.25) is 0 Å². The summed E-state index contributed by atoms with van der Waals surface area (Å²) >= 11 is 0. The van der Waals surface area contributed by atoms with Crippen LogP contribution in [0.1, 0.15) is 25.8 Å². The zero-order valence-electron chi connectivity index (χ0n) is 11.7. The number of aliphatic hydroxyl groups is 1. The Kier molecular flexibility index (Phi) is 4.66. The molecule has 1 aromatic carbocycles. The van der Waals surface area contributed by atoms with E-state index < -0.39 is 0 Å². The molecule has 1 aromatic rings. The quantitative estimate of drug-likeness (QED) is 0.825. The smallest absolute Gasteiger partial charge is 0.161 e. The molecule has 0 atom stereocenters. The Hall–Kier alpha value is -1.26. The van der Waals surface area contributed by atoms with E-state index in [2.05, 4.69) is 25.2 Å². The second-order valence-electron chi connectivity index (χ2n) is 5.72. The maximum atomic E-state index is 8.99. The zero-order chi connectivity index (χ0) is 13.7. The van der Waals surface area contributed by atoms with Crippen LogP contribution in [0.25, 0.3) is 0 Å². The number of hydrogen-bond acceptors (Lipinski definition) is 4. The van der Waals surface area contributed by atoms with Crippen molar-refractivity contribution in [2.75, 3.05) is 26.4 Å². The van der Waals surface area contributed by atoms with E-state index in [1.54, 1.807) is 0 Å². The Balaban J connectivity index is 1.86. The molecule has 106 valence electrons. The molecular weight excluding hydrogens is 242 g/mol. The number of aliphatic hydroxyl groups excluding tert-OH is 1. The van der Waals surface area contributed by atoms with Crippen molar-refractivity contribution in [2.45, 2.75) is 26.8 Å². The van der Waals surface area contributed by atoms with Crippen LogP contribution in [-0.2, 0) is 6.54 Å². The first-order valence-electron chi connectivity index (χ1n) is 6.81. The van der Waals surface area contributed by atoms with E-state index in [9.17, 15) is 0 Å². The van der Waals surface area contributed by atoms with E-state index in [0.717, 1.165) is 31.0 Å². The molecule has 0 unspecified atom stereocenters. The van der Waals surface area contributed by atoms with Gasteiger partial charge >= 0.3 is 0 Å². The molecule has 0 aromatic heterocycles. The molecule has 2 N–H and O–H groups in total. The summed E-state index contributed by atoms with van der Waals surface area (Å²) in [6.45, 7) is 7.46. The third-order valence-corrected chi connectivity index (χ3v) is 3.33. The maximum absolute atomic E-state index is 8.99. The summed E-state index contributed by atoms with van der Waals surface area (Å²) in [5.74, 6) is 1.66. The lowest BCUT2D eigenvalue weighted by Crippen LogP contribution is -2.29. The summed E-state index contributed by atoms with van der Waals surface area (Å²) < 4.78 is 11.1. The number of nitrogens with one attached hydrogen (secondary N) is 1. The molecule has 0 aliphatic carbocycles. The van der Waals surface area contributed by atoms with Gasteiger partial charge in [0, 0.05) is 19.7 Å². The van der Waals surface area contributed by atoms with Gasteiger partial charge in [-0.25, -0.2) is 0 Å². The Morgan fingerprint density at radius 2 is 1.95 bits per heavy atom. The molecule has 0 fully saturated rings. The number of fused-ring (bicyclic) bond motifs is 1. The van der Waals surface area contributed by atoms with Crippen LogP contribution in [0.5, 0.6) is 11.5 Å². The average molecular weight is 265 g/mol. The molecule has 2 rings (SSSR count). The summed E-state index contributed by atoms with van der Waals surface area (Å²) in [4.78, 5) is 0. The zero-order valence-corrected chi connectivity index (χ0v) is 11.7. The predicted molar refractivity (Wildman–Crippen MR) is 74.6 cm³/mol. The molecule has 0 saturated heterocycles. The number of rotatable bonds is 6. The third kappa shape index (κ3) is 4.11. The van der Waals surface area contributed by atoms with E-state index in [-0.39, 0.29) is 12.0 Å². The molecular formula is C15H23NO3. The highest BCUT2D eigenvalue weighted by atomic mass is 16.6. The normalized spacial score (nSPS) is 14.5. The molecule has 0 bridgehead atoms. The van der Waals surface area contributed by atoms with Gasteiger partial charge in [-0.2, -0.15) is 0 Å². The van der Waals surface area contributed by atoms with E-state index in [4.69, 9.17) is 14.6 Å². The molecule has 0 radical (unpaired) electrons. The Morgan fingerprint density at radius 1 is 1.21 bits per heavy atom. The van der Waals surface area contributed by atoms with Gasteiger partial charge < -0.3 is 19.9 Å². The van der Waals surface area contributed by atoms with Crippen LogP contribution in [0.4, 0.5) is 0 Å². The summed E-state index contributed by atoms with van der Waals surface area (Å²) in [5, 5.41) is 12.4. The standard InChI is InChI=1S/C15H23NO3/c1-15(2,5-6-17)11-16-10-12-3-4-13-14(9-12)19-8-7-18-13/h3-4,9,16-17H,5-8,10-11H2,1-2H3. The van der Waals surface area contributed by atoms with E-state index in [1.807, 2.05) is 12.1 Å². The first kappa shape index (κ1) is 14.2. The second kappa shape index (κ2) is 6.26. The van der Waals surface area contributed by atoms with Crippen molar-refractivity contribution in [3.05, 3.63) is 23.8 Å². The van der Waals surface area contributed by atoms with Crippen molar-refractivity contribution in [1.29, 1.82) is 0 Å². The fourth-order valence-corrected chi connectivity index (χ4v) is 2.13. The predicted octanol–water partition coefficient (Wildman–Crippen LogP) is 1.96. The van der Waals surface area contributed by atoms with E-state index >= 15 is 0 Å². The van der Waals surface area contributed by atoms with Crippen molar-refractivity contribution in [1.82, 2.24) is 5.32 Å². The first-order chi connectivity index (χ1) is 9.11. The van der Waals surface area contributed by atoms with Crippen molar-refractivity contribution in [3.8, 4) is 11.5 Å². The first-order valence-corrected chi connectivity index (χ1v) is 6.81. The van der Waals surface area contributed by atoms with Gasteiger partial charge in [-0.15, -0.1) is 0 Å². The van der Waals surface area contributed by atoms with Gasteiger partial charge in [0.1, 0.15) is 13.2 Å². The minimum Gasteiger partial charge on any atom is -0.486 e. The lowest BCUT2D eigenvalue weighted by molar-refractivity contribution is 0.171. The molecule has 0 saturated carbocycles. The molecule has 4 heteroatoms. The maximum Gasteiger partial charge on any atom is 0.161 e. The van der Waals surface area contributed by atoms with Crippen LogP contribution in [0, 0.1) is 5.41 Å². The monoisotopic (exact) mass is 265 g/mol. The van der Waals surface area contributed by atoms with Crippen LogP contribution in [0.3, 0.4) is 0 Å². The number of benzene rings is 1. The Bertz CT molecular complexity index is 418. The minimum absolute atomic E-state index is 0.114. The molecule has 1 aliphatic heterocycles. The van der Waals surface area contributed by atoms with Gasteiger partial charge in [-0.3, -0.25) is 0 Å². The van der Waals surface area contributed by atoms with Crippen LogP contribution >= 0.6 is 0 Å². The van der Waals surface area contributed by atoms with E-state index in [1.165, 1.54) is 5.56 Å². The highest BCUT2D eigenvalue weighted by Crippen LogP contribution is 2.30. The summed E-state index contributed by atoms with van der Waals surface area (Å²) in [5.41, 5.74) is 1.30. The van der Waals surface area contributed by atoms with Crippen molar-refractivity contribution in [2.24, 2.45) is 5.41 Å². The van der Waals surface area contributed by atoms with Crippen LogP contribution < -0.4 is 14.8 Å². The molecule has 19 heavy (non-hydrogen) atoms. The van der Waals surface area contributed by atoms with Gasteiger partial charge in [0.25, 0.3) is 0 Å². The minimum atomic E-state index is 0.114. The van der Waals surface area contributed by atoms with Gasteiger partial charge in [-0.1, -0.05) is 19.9 Å². The summed E-state index contributed by atoms with van der Waals surface area (Å²) in [7, 11) is 0. The summed E-state index contributed by atoms with van der Waals surface area (Å²) in [6.07, 6.45) is 0.807. The summed E-state index contributed by atoms with van der Waals surface area (Å²) in [6, 6.07) is 6.05. The fraction of sp³-hybridized carbons (Fsp3) is 0.600. The van der Waals surface area contributed by atoms with Crippen molar-refractivity contribution >= 4 is 0 Å². The Morgan fingerprint density at radius 3 is 2.68 bits per heavy atom. The lowest BCUT2D eigenvalue weighted by atomic mass is 9.90. The highest BCUT2D eigenvalue weighted by Gasteiger charge is 2.16. The topological polar surface area (TPSA) is 50.7 Å². The van der Waals surface area contributed by atoms with Crippen molar-refractivity contribution < 1.29 is 14.6 Å². The van der Waals surface area contributed by atoms with Crippen LogP contribution in [0.2, 0.25) is 0 Å². The SMILES string of the molecule is CC(C)(CCO)CNCc1ccc2c(c1)OCCO2. The second-order valence-corrected chi connectivity index (χ2v) is 5.72. The molecule has 1 aliphatic rings. The Labute approximate surface area is 114 Å². The fourth-order valence-electron chi connectivity index (χ4n) is 2.13. The van der Waals surface area contributed by atoms with Crippen LogP contribution in [0.15, 0.2) is 18.2 Å².